The van der Waals surface area contributed by atoms with Crippen LogP contribution in [-0.4, -0.2) is 5.71 Å². The molecular formula is C7H5N2+. The number of nitriles is 1. The number of rotatable bonds is 0. The average molecular weight is 117 g/mol. The Morgan fingerprint density at radius 2 is 2.44 bits per heavy atom. The van der Waals surface area contributed by atoms with Gasteiger partial charge in [-0.05, 0) is 0 Å². The molecule has 0 aromatic carbocycles. The fourth-order valence-corrected chi connectivity index (χ4v) is 0.589. The van der Waals surface area contributed by atoms with Crippen LogP contribution in [-0.2, 0) is 0 Å². The highest BCUT2D eigenvalue weighted by atomic mass is 14.4. The van der Waals surface area contributed by atoms with Gasteiger partial charge in [-0.1, -0.05) is 0 Å². The van der Waals surface area contributed by atoms with Crippen molar-refractivity contribution >= 4 is 5.71 Å². The smallest absolute Gasteiger partial charge is 0.167 e. The van der Waals surface area contributed by atoms with Crippen molar-refractivity contribution in [1.29, 1.82) is 10.7 Å². The predicted molar refractivity (Wildman–Crippen MR) is 34.9 cm³/mol. The van der Waals surface area contributed by atoms with Crippen molar-refractivity contribution in [2.24, 2.45) is 0 Å². The van der Waals surface area contributed by atoms with Crippen LogP contribution in [0.4, 0.5) is 0 Å². The van der Waals surface area contributed by atoms with Gasteiger partial charge in [-0.3, -0.25) is 5.41 Å². The summed E-state index contributed by atoms with van der Waals surface area (Å²) in [6.45, 7) is 0. The first-order valence-corrected chi connectivity index (χ1v) is 2.54. The first-order valence-electron chi connectivity index (χ1n) is 2.54. The van der Waals surface area contributed by atoms with E-state index in [0.717, 1.165) is 0 Å². The molecule has 0 heterocycles. The lowest BCUT2D eigenvalue weighted by atomic mass is 10.1. The van der Waals surface area contributed by atoms with Crippen molar-refractivity contribution in [3.63, 3.8) is 0 Å². The summed E-state index contributed by atoms with van der Waals surface area (Å²) in [7, 11) is 0. The molecule has 0 fully saturated rings. The van der Waals surface area contributed by atoms with E-state index < -0.39 is 0 Å². The van der Waals surface area contributed by atoms with E-state index in [1.54, 1.807) is 18.6 Å². The molecule has 2 heteroatoms. The van der Waals surface area contributed by atoms with Gasteiger partial charge in [-0.15, -0.1) is 0 Å². The van der Waals surface area contributed by atoms with Crippen LogP contribution < -0.4 is 0 Å². The zero-order valence-corrected chi connectivity index (χ0v) is 4.76. The monoisotopic (exact) mass is 117 g/mol. The maximum atomic E-state index is 8.33. The van der Waals surface area contributed by atoms with Crippen LogP contribution in [0.5, 0.6) is 0 Å². The van der Waals surface area contributed by atoms with E-state index >= 15 is 0 Å². The molecule has 0 radical (unpaired) electrons. The maximum absolute atomic E-state index is 8.33. The molecule has 0 saturated heterocycles. The van der Waals surface area contributed by atoms with E-state index in [9.17, 15) is 0 Å². The molecule has 0 aromatic rings. The molecule has 1 aliphatic rings. The molecule has 0 unspecified atom stereocenters. The van der Waals surface area contributed by atoms with Crippen LogP contribution in [0, 0.1) is 23.2 Å². The van der Waals surface area contributed by atoms with Gasteiger partial charge in [0.25, 0.3) is 0 Å². The van der Waals surface area contributed by atoms with Crippen molar-refractivity contribution in [2.75, 3.05) is 0 Å². The maximum Gasteiger partial charge on any atom is 0.167 e. The minimum Gasteiger partial charge on any atom is -0.275 e. The van der Waals surface area contributed by atoms with Gasteiger partial charge in [0.2, 0.25) is 0 Å². The van der Waals surface area contributed by atoms with Crippen LogP contribution in [0.1, 0.15) is 0 Å². The molecule has 0 saturated carbocycles. The highest BCUT2D eigenvalue weighted by Gasteiger charge is 2.07. The number of nitrogens with one attached hydrogen (secondary N) is 1. The molecule has 2 nitrogen and oxygen atoms in total. The van der Waals surface area contributed by atoms with Gasteiger partial charge in [0.1, 0.15) is 6.07 Å². The van der Waals surface area contributed by atoms with Crippen LogP contribution >= 0.6 is 0 Å². The van der Waals surface area contributed by atoms with E-state index in [4.69, 9.17) is 10.7 Å². The topological polar surface area (TPSA) is 47.6 Å². The lowest BCUT2D eigenvalue weighted by Gasteiger charge is -1.87. The fourth-order valence-electron chi connectivity index (χ4n) is 0.589. The molecular weight excluding hydrogens is 112 g/mol. The van der Waals surface area contributed by atoms with Gasteiger partial charge in [0.05, 0.1) is 24.6 Å². The second-order valence-corrected chi connectivity index (χ2v) is 1.69. The molecule has 42 valence electrons. The van der Waals surface area contributed by atoms with Crippen LogP contribution in [0.2, 0.25) is 0 Å². The summed E-state index contributed by atoms with van der Waals surface area (Å²) in [6, 6.07) is 1.95. The number of allylic oxidation sites excluding steroid dienone is 4. The average Bonchev–Trinajstić information content (AvgIpc) is 1.88. The Morgan fingerprint density at radius 3 is 2.89 bits per heavy atom. The van der Waals surface area contributed by atoms with Gasteiger partial charge in [-0.2, -0.15) is 5.26 Å². The third-order valence-corrected chi connectivity index (χ3v) is 0.992. The molecule has 0 bridgehead atoms. The van der Waals surface area contributed by atoms with Crippen molar-refractivity contribution in [1.82, 2.24) is 0 Å². The zero-order chi connectivity index (χ0) is 6.69. The standard InChI is InChI=1S/C7H5N2/c8-5-6-2-1-3-7(9)4-6/h1-4,9H/q+1. The van der Waals surface area contributed by atoms with Crippen molar-refractivity contribution < 1.29 is 0 Å². The summed E-state index contributed by atoms with van der Waals surface area (Å²) in [6.07, 6.45) is 6.54. The summed E-state index contributed by atoms with van der Waals surface area (Å²) >= 11 is 0. The van der Waals surface area contributed by atoms with Crippen molar-refractivity contribution in [3.8, 4) is 6.07 Å². The summed E-state index contributed by atoms with van der Waals surface area (Å²) in [5.41, 5.74) is 0.927. The molecule has 0 spiro atoms. The quantitative estimate of drug-likeness (QED) is 0.476. The number of hydrogen-bond acceptors (Lipinski definition) is 2. The molecule has 0 atom stereocenters. The Morgan fingerprint density at radius 1 is 1.67 bits per heavy atom. The minimum absolute atomic E-state index is 0.383. The molecule has 0 amide bonds. The summed E-state index contributed by atoms with van der Waals surface area (Å²) in [4.78, 5) is 0. The van der Waals surface area contributed by atoms with Crippen LogP contribution in [0.3, 0.4) is 0 Å². The van der Waals surface area contributed by atoms with E-state index in [-0.39, 0.29) is 0 Å². The first-order chi connectivity index (χ1) is 4.33. The normalized spacial score (nSPS) is 15.9. The second-order valence-electron chi connectivity index (χ2n) is 1.69. The summed E-state index contributed by atoms with van der Waals surface area (Å²) in [5.74, 6) is 0. The van der Waals surface area contributed by atoms with E-state index in [2.05, 4.69) is 0 Å². The fraction of sp³-hybridized carbons (Fsp3) is 0. The number of hydrogen-bond donors (Lipinski definition) is 1. The number of nitrogens with zero attached hydrogens (tertiary/aromatic N) is 1. The zero-order valence-electron chi connectivity index (χ0n) is 4.76. The molecule has 0 aromatic heterocycles. The van der Waals surface area contributed by atoms with Gasteiger partial charge >= 0.3 is 0 Å². The molecule has 1 aliphatic carbocycles. The minimum atomic E-state index is 0.383. The largest absolute Gasteiger partial charge is 0.275 e. The Bertz CT molecular complexity index is 228. The highest BCUT2D eigenvalue weighted by Crippen LogP contribution is 2.03. The molecule has 1 N–H and O–H groups in total. The van der Waals surface area contributed by atoms with E-state index in [1.807, 2.05) is 6.07 Å². The van der Waals surface area contributed by atoms with E-state index in [0.29, 0.717) is 11.3 Å². The molecule has 9 heavy (non-hydrogen) atoms. The van der Waals surface area contributed by atoms with Gasteiger partial charge in [0.15, 0.2) is 11.3 Å². The lowest BCUT2D eigenvalue weighted by molar-refractivity contribution is 1.45. The summed E-state index contributed by atoms with van der Waals surface area (Å²) in [5, 5.41) is 15.4. The Labute approximate surface area is 53.6 Å². The van der Waals surface area contributed by atoms with Gasteiger partial charge in [-0.25, -0.2) is 0 Å². The summed E-state index contributed by atoms with van der Waals surface area (Å²) < 4.78 is 0. The van der Waals surface area contributed by atoms with Crippen molar-refractivity contribution in [3.05, 3.63) is 30.2 Å². The lowest BCUT2D eigenvalue weighted by Crippen LogP contribution is -1.95. The van der Waals surface area contributed by atoms with Gasteiger partial charge in [0, 0.05) is 0 Å². The Hall–Kier alpha value is -1.49. The Kier molecular flexibility index (Phi) is 1.37. The van der Waals surface area contributed by atoms with Gasteiger partial charge < -0.3 is 0 Å². The molecule has 0 aliphatic heterocycles. The third kappa shape index (κ3) is 1.20. The predicted octanol–water partition coefficient (Wildman–Crippen LogP) is 1.23. The molecule has 1 rings (SSSR count). The van der Waals surface area contributed by atoms with Crippen LogP contribution in [0.15, 0.2) is 23.8 Å². The SMILES string of the molecule is N#CC1=CC(=N)[CH+]C=C1. The van der Waals surface area contributed by atoms with Crippen molar-refractivity contribution in [2.45, 2.75) is 0 Å². The van der Waals surface area contributed by atoms with Crippen LogP contribution in [0.25, 0.3) is 0 Å². The van der Waals surface area contributed by atoms with E-state index in [1.165, 1.54) is 6.08 Å². The Balaban J connectivity index is 2.86. The first kappa shape index (κ1) is 5.64. The highest BCUT2D eigenvalue weighted by molar-refractivity contribution is 6.03. The second kappa shape index (κ2) is 2.19. The third-order valence-electron chi connectivity index (χ3n) is 0.992.